The second-order valence-electron chi connectivity index (χ2n) is 4.74. The molecular weight excluding hydrogens is 248 g/mol. The molecule has 1 aliphatic rings. The van der Waals surface area contributed by atoms with Crippen molar-refractivity contribution in [2.45, 2.75) is 31.8 Å². The highest BCUT2D eigenvalue weighted by Crippen LogP contribution is 2.18. The number of aromatic nitrogens is 3. The van der Waals surface area contributed by atoms with Crippen molar-refractivity contribution < 1.29 is 0 Å². The summed E-state index contributed by atoms with van der Waals surface area (Å²) in [4.78, 5) is 0. The monoisotopic (exact) mass is 262 g/mol. The predicted octanol–water partition coefficient (Wildman–Crippen LogP) is 1.80. The highest BCUT2D eigenvalue weighted by Gasteiger charge is 2.20. The normalized spacial score (nSPS) is 18.7. The van der Waals surface area contributed by atoms with Crippen LogP contribution in [-0.4, -0.2) is 20.8 Å². The number of hydrogen-bond acceptors (Lipinski definition) is 3. The van der Waals surface area contributed by atoms with Crippen molar-refractivity contribution in [1.82, 2.24) is 14.8 Å². The fraction of sp³-hybridized carbons (Fsp3) is 0.385. The Morgan fingerprint density at radius 1 is 1.39 bits per heavy atom. The van der Waals surface area contributed by atoms with Crippen LogP contribution >= 0.6 is 11.6 Å². The van der Waals surface area contributed by atoms with Gasteiger partial charge in [-0.05, 0) is 24.1 Å². The lowest BCUT2D eigenvalue weighted by Gasteiger charge is -2.20. The Balaban J connectivity index is 1.86. The number of benzene rings is 1. The Labute approximate surface area is 111 Å². The minimum atomic E-state index is 0.223. The molecule has 1 aromatic carbocycles. The van der Waals surface area contributed by atoms with Gasteiger partial charge in [0.05, 0.1) is 0 Å². The Morgan fingerprint density at radius 2 is 2.28 bits per heavy atom. The van der Waals surface area contributed by atoms with Crippen molar-refractivity contribution in [3.63, 3.8) is 0 Å². The van der Waals surface area contributed by atoms with Gasteiger partial charge in [0, 0.05) is 30.5 Å². The molecule has 0 radical (unpaired) electrons. The van der Waals surface area contributed by atoms with E-state index in [4.69, 9.17) is 17.3 Å². The number of fused-ring (bicyclic) bond motifs is 1. The van der Waals surface area contributed by atoms with E-state index >= 15 is 0 Å². The summed E-state index contributed by atoms with van der Waals surface area (Å²) in [5.41, 5.74) is 7.09. The van der Waals surface area contributed by atoms with Crippen molar-refractivity contribution in [1.29, 1.82) is 0 Å². The molecule has 2 N–H and O–H groups in total. The molecule has 0 aliphatic carbocycles. The van der Waals surface area contributed by atoms with E-state index in [0.717, 1.165) is 48.0 Å². The summed E-state index contributed by atoms with van der Waals surface area (Å²) in [5.74, 6) is 2.00. The molecule has 3 rings (SSSR count). The molecule has 1 atom stereocenters. The first-order chi connectivity index (χ1) is 8.72. The van der Waals surface area contributed by atoms with E-state index in [2.05, 4.69) is 20.8 Å². The zero-order valence-corrected chi connectivity index (χ0v) is 10.8. The van der Waals surface area contributed by atoms with Crippen LogP contribution in [0.25, 0.3) is 0 Å². The molecule has 0 amide bonds. The zero-order valence-electron chi connectivity index (χ0n) is 10.0. The molecule has 2 aromatic rings. The average Bonchev–Trinajstić information content (AvgIpc) is 2.72. The fourth-order valence-electron chi connectivity index (χ4n) is 2.37. The van der Waals surface area contributed by atoms with Crippen LogP contribution in [0.5, 0.6) is 0 Å². The van der Waals surface area contributed by atoms with E-state index < -0.39 is 0 Å². The van der Waals surface area contributed by atoms with Crippen LogP contribution in [0.1, 0.15) is 23.6 Å². The van der Waals surface area contributed by atoms with E-state index in [1.165, 1.54) is 0 Å². The maximum absolute atomic E-state index is 5.99. The van der Waals surface area contributed by atoms with Crippen molar-refractivity contribution in [3.05, 3.63) is 46.5 Å². The molecule has 1 aromatic heterocycles. The summed E-state index contributed by atoms with van der Waals surface area (Å²) in [6, 6.07) is 8.09. The fourth-order valence-corrected chi connectivity index (χ4v) is 2.59. The van der Waals surface area contributed by atoms with Crippen molar-refractivity contribution in [2.24, 2.45) is 5.73 Å². The third-order valence-corrected chi connectivity index (χ3v) is 3.56. The molecular formula is C13H15ClN4. The SMILES string of the molecule is NC1CCn2c(Cc3cccc(Cl)c3)nnc2C1. The lowest BCUT2D eigenvalue weighted by atomic mass is 10.1. The van der Waals surface area contributed by atoms with E-state index in [0.29, 0.717) is 0 Å². The summed E-state index contributed by atoms with van der Waals surface area (Å²) in [6.45, 7) is 0.916. The lowest BCUT2D eigenvalue weighted by molar-refractivity contribution is 0.455. The molecule has 0 fully saturated rings. The second kappa shape index (κ2) is 4.71. The van der Waals surface area contributed by atoms with Gasteiger partial charge in [-0.1, -0.05) is 23.7 Å². The second-order valence-corrected chi connectivity index (χ2v) is 5.18. The molecule has 1 aliphatic heterocycles. The van der Waals surface area contributed by atoms with Gasteiger partial charge in [-0.15, -0.1) is 10.2 Å². The van der Waals surface area contributed by atoms with Gasteiger partial charge >= 0.3 is 0 Å². The van der Waals surface area contributed by atoms with Crippen LogP contribution in [0.3, 0.4) is 0 Å². The van der Waals surface area contributed by atoms with Gasteiger partial charge in [0.1, 0.15) is 11.6 Å². The Morgan fingerprint density at radius 3 is 3.11 bits per heavy atom. The zero-order chi connectivity index (χ0) is 12.5. The highest BCUT2D eigenvalue weighted by atomic mass is 35.5. The molecule has 0 saturated heterocycles. The number of hydrogen-bond donors (Lipinski definition) is 1. The van der Waals surface area contributed by atoms with Gasteiger partial charge in [-0.3, -0.25) is 0 Å². The van der Waals surface area contributed by atoms with Crippen LogP contribution in [0.2, 0.25) is 5.02 Å². The molecule has 5 heteroatoms. The van der Waals surface area contributed by atoms with E-state index in [1.54, 1.807) is 0 Å². The number of rotatable bonds is 2. The standard InChI is InChI=1S/C13H15ClN4/c14-10-3-1-2-9(6-10)7-12-16-17-13-8-11(15)4-5-18(12)13/h1-3,6,11H,4-5,7-8,15H2. The van der Waals surface area contributed by atoms with Crippen LogP contribution in [-0.2, 0) is 19.4 Å². The number of halogens is 1. The van der Waals surface area contributed by atoms with Crippen LogP contribution in [0.4, 0.5) is 0 Å². The largest absolute Gasteiger partial charge is 0.327 e. The Hall–Kier alpha value is -1.39. The number of nitrogens with two attached hydrogens (primary N) is 1. The third-order valence-electron chi connectivity index (χ3n) is 3.32. The van der Waals surface area contributed by atoms with Crippen LogP contribution in [0, 0.1) is 0 Å². The smallest absolute Gasteiger partial charge is 0.137 e. The molecule has 18 heavy (non-hydrogen) atoms. The molecule has 0 spiro atoms. The topological polar surface area (TPSA) is 56.7 Å². The molecule has 2 heterocycles. The summed E-state index contributed by atoms with van der Waals surface area (Å²) >= 11 is 5.99. The van der Waals surface area contributed by atoms with Gasteiger partial charge in [0.2, 0.25) is 0 Å². The quantitative estimate of drug-likeness (QED) is 0.898. The third kappa shape index (κ3) is 2.26. The van der Waals surface area contributed by atoms with Gasteiger partial charge in [-0.25, -0.2) is 0 Å². The lowest BCUT2D eigenvalue weighted by Crippen LogP contribution is -2.31. The van der Waals surface area contributed by atoms with Gasteiger partial charge < -0.3 is 10.3 Å². The van der Waals surface area contributed by atoms with E-state index in [-0.39, 0.29) is 6.04 Å². The predicted molar refractivity (Wildman–Crippen MR) is 70.6 cm³/mol. The van der Waals surface area contributed by atoms with Crippen molar-refractivity contribution in [3.8, 4) is 0 Å². The van der Waals surface area contributed by atoms with Gasteiger partial charge in [0.25, 0.3) is 0 Å². The average molecular weight is 263 g/mol. The molecule has 4 nitrogen and oxygen atoms in total. The minimum Gasteiger partial charge on any atom is -0.327 e. The van der Waals surface area contributed by atoms with E-state index in [9.17, 15) is 0 Å². The molecule has 1 unspecified atom stereocenters. The van der Waals surface area contributed by atoms with Crippen molar-refractivity contribution >= 4 is 11.6 Å². The van der Waals surface area contributed by atoms with Gasteiger partial charge in [-0.2, -0.15) is 0 Å². The summed E-state index contributed by atoms with van der Waals surface area (Å²) in [6.07, 6.45) is 2.58. The molecule has 94 valence electrons. The summed E-state index contributed by atoms with van der Waals surface area (Å²) < 4.78 is 2.18. The Bertz CT molecular complexity index is 564. The minimum absolute atomic E-state index is 0.223. The summed E-state index contributed by atoms with van der Waals surface area (Å²) in [7, 11) is 0. The Kier molecular flexibility index (Phi) is 3.06. The summed E-state index contributed by atoms with van der Waals surface area (Å²) in [5, 5.41) is 9.25. The first-order valence-corrected chi connectivity index (χ1v) is 6.51. The van der Waals surface area contributed by atoms with Crippen LogP contribution < -0.4 is 5.73 Å². The molecule has 0 saturated carbocycles. The first-order valence-electron chi connectivity index (χ1n) is 6.13. The van der Waals surface area contributed by atoms with Crippen molar-refractivity contribution in [2.75, 3.05) is 0 Å². The van der Waals surface area contributed by atoms with E-state index in [1.807, 2.05) is 18.2 Å². The van der Waals surface area contributed by atoms with Gasteiger partial charge in [0.15, 0.2) is 0 Å². The maximum atomic E-state index is 5.99. The molecule has 0 bridgehead atoms. The highest BCUT2D eigenvalue weighted by molar-refractivity contribution is 6.30. The number of nitrogens with zero attached hydrogens (tertiary/aromatic N) is 3. The first kappa shape index (κ1) is 11.7. The maximum Gasteiger partial charge on any atom is 0.137 e. The van der Waals surface area contributed by atoms with Crippen LogP contribution in [0.15, 0.2) is 24.3 Å².